The zero-order valence-corrected chi connectivity index (χ0v) is 20.7. The minimum Gasteiger partial charge on any atom is -0.415 e. The molecule has 1 N–H and O–H groups in total. The molecule has 9 heteroatoms. The maximum absolute atomic E-state index is 12.8. The van der Waals surface area contributed by atoms with E-state index in [4.69, 9.17) is 4.43 Å². The van der Waals surface area contributed by atoms with Crippen LogP contribution < -0.4 is 10.2 Å². The Morgan fingerprint density at radius 1 is 1.43 bits per heavy atom. The van der Waals surface area contributed by atoms with Gasteiger partial charge in [0.25, 0.3) is 5.91 Å². The van der Waals surface area contributed by atoms with Crippen LogP contribution in [0.3, 0.4) is 0 Å². The molecule has 1 aliphatic heterocycles. The quantitative estimate of drug-likeness (QED) is 0.620. The summed E-state index contributed by atoms with van der Waals surface area (Å²) in [5.41, 5.74) is 0.398. The summed E-state index contributed by atoms with van der Waals surface area (Å²) in [7, 11) is -1.24. The number of rotatable bonds is 8. The SMILES string of the molecule is CC[C@H](NC(=O)c1csc(N2CC(SC(C)=O)C2)n1)C(O[SiH](C)C)C(C)(C)C. The fraction of sp³-hybridized carbons (Fsp3) is 0.737. The van der Waals surface area contributed by atoms with Crippen LogP contribution in [0.1, 0.15) is 51.5 Å². The molecule has 2 atom stereocenters. The summed E-state index contributed by atoms with van der Waals surface area (Å²) in [6.45, 7) is 16.1. The van der Waals surface area contributed by atoms with Crippen molar-refractivity contribution in [3.8, 4) is 0 Å². The van der Waals surface area contributed by atoms with E-state index < -0.39 is 9.04 Å². The predicted octanol–water partition coefficient (Wildman–Crippen LogP) is 3.53. The summed E-state index contributed by atoms with van der Waals surface area (Å²) in [4.78, 5) is 30.6. The molecule has 1 aromatic heterocycles. The topological polar surface area (TPSA) is 71.5 Å². The maximum Gasteiger partial charge on any atom is 0.271 e. The molecule has 1 fully saturated rings. The highest BCUT2D eigenvalue weighted by Gasteiger charge is 2.35. The molecule has 6 nitrogen and oxygen atoms in total. The van der Waals surface area contributed by atoms with Gasteiger partial charge in [-0.05, 0) is 24.9 Å². The van der Waals surface area contributed by atoms with Gasteiger partial charge in [0.1, 0.15) is 5.69 Å². The van der Waals surface area contributed by atoms with Crippen molar-refractivity contribution in [1.82, 2.24) is 10.3 Å². The van der Waals surface area contributed by atoms with Gasteiger partial charge in [0, 0.05) is 30.6 Å². The van der Waals surface area contributed by atoms with Crippen LogP contribution in [0, 0.1) is 5.41 Å². The van der Waals surface area contributed by atoms with E-state index in [2.05, 4.69) is 56.0 Å². The molecule has 158 valence electrons. The van der Waals surface area contributed by atoms with Crippen LogP contribution in [-0.4, -0.2) is 55.5 Å². The Morgan fingerprint density at radius 3 is 2.57 bits per heavy atom. The van der Waals surface area contributed by atoms with Gasteiger partial charge < -0.3 is 14.6 Å². The van der Waals surface area contributed by atoms with Gasteiger partial charge in [-0.25, -0.2) is 4.98 Å². The number of nitrogens with one attached hydrogen (secondary N) is 1. The molecule has 0 saturated carbocycles. The van der Waals surface area contributed by atoms with Crippen LogP contribution >= 0.6 is 23.1 Å². The van der Waals surface area contributed by atoms with Crippen LogP contribution in [0.4, 0.5) is 5.13 Å². The van der Waals surface area contributed by atoms with Gasteiger partial charge in [-0.3, -0.25) is 9.59 Å². The van der Waals surface area contributed by atoms with Crippen molar-refractivity contribution in [3.63, 3.8) is 0 Å². The molecular formula is C19H33N3O3S2Si. The van der Waals surface area contributed by atoms with Crippen molar-refractivity contribution < 1.29 is 14.0 Å². The highest BCUT2D eigenvalue weighted by molar-refractivity contribution is 8.14. The molecule has 28 heavy (non-hydrogen) atoms. The Balaban J connectivity index is 1.99. The Bertz CT molecular complexity index is 684. The Labute approximate surface area is 178 Å². The minimum absolute atomic E-state index is 0.0223. The number of hydrogen-bond donors (Lipinski definition) is 1. The first-order valence-electron chi connectivity index (χ1n) is 9.85. The summed E-state index contributed by atoms with van der Waals surface area (Å²) in [6.07, 6.45) is 0.785. The lowest BCUT2D eigenvalue weighted by molar-refractivity contribution is -0.109. The van der Waals surface area contributed by atoms with E-state index in [1.54, 1.807) is 6.92 Å². The molecule has 0 bridgehead atoms. The average molecular weight is 444 g/mol. The van der Waals surface area contributed by atoms with Crippen LogP contribution in [-0.2, 0) is 9.22 Å². The number of nitrogens with zero attached hydrogens (tertiary/aromatic N) is 2. The van der Waals surface area contributed by atoms with Crippen LogP contribution in [0.5, 0.6) is 0 Å². The molecule has 1 aliphatic rings. The molecule has 0 aromatic carbocycles. The summed E-state index contributed by atoms with van der Waals surface area (Å²) < 4.78 is 6.29. The third-order valence-corrected chi connectivity index (χ3v) is 7.27. The molecular weight excluding hydrogens is 410 g/mol. The number of thiazole rings is 1. The molecule has 2 rings (SSSR count). The first-order chi connectivity index (χ1) is 13.0. The fourth-order valence-electron chi connectivity index (χ4n) is 3.25. The molecule has 1 saturated heterocycles. The van der Waals surface area contributed by atoms with Crippen LogP contribution in [0.15, 0.2) is 5.38 Å². The smallest absolute Gasteiger partial charge is 0.271 e. The Hall–Kier alpha value is -0.903. The summed E-state index contributed by atoms with van der Waals surface area (Å²) in [6, 6.07) is -0.0482. The van der Waals surface area contributed by atoms with Crippen LogP contribution in [0.25, 0.3) is 0 Å². The van der Waals surface area contributed by atoms with Gasteiger partial charge in [0.05, 0.1) is 12.1 Å². The number of thioether (sulfide) groups is 1. The fourth-order valence-corrected chi connectivity index (χ4v) is 6.24. The second kappa shape index (κ2) is 9.73. The van der Waals surface area contributed by atoms with Crippen molar-refractivity contribution >= 4 is 48.3 Å². The third-order valence-electron chi connectivity index (χ3n) is 4.57. The first kappa shape index (κ1) is 23.4. The second-order valence-electron chi connectivity index (χ2n) is 8.61. The summed E-state index contributed by atoms with van der Waals surface area (Å²) in [5.74, 6) is -0.146. The normalized spacial score (nSPS) is 17.4. The average Bonchev–Trinajstić information content (AvgIpc) is 3.01. The van der Waals surface area contributed by atoms with E-state index in [1.807, 2.05) is 5.38 Å². The number of hydrogen-bond acceptors (Lipinski definition) is 7. The minimum atomic E-state index is -1.24. The van der Waals surface area contributed by atoms with Gasteiger partial charge >= 0.3 is 0 Å². The van der Waals surface area contributed by atoms with Gasteiger partial charge in [-0.1, -0.05) is 39.5 Å². The van der Waals surface area contributed by atoms with E-state index in [0.29, 0.717) is 10.9 Å². The zero-order chi connectivity index (χ0) is 21.1. The summed E-state index contributed by atoms with van der Waals surface area (Å²) in [5, 5.41) is 6.28. The van der Waals surface area contributed by atoms with Crippen molar-refractivity contribution in [2.75, 3.05) is 18.0 Å². The monoisotopic (exact) mass is 443 g/mol. The molecule has 1 unspecified atom stereocenters. The lowest BCUT2D eigenvalue weighted by Gasteiger charge is -2.38. The molecule has 0 aliphatic carbocycles. The second-order valence-corrected chi connectivity index (χ2v) is 13.3. The molecule has 2 heterocycles. The standard InChI is InChI=1S/C19H33N3O3S2Si/c1-8-14(16(19(3,4)5)25-28(6)7)20-17(24)15-11-26-18(21-15)22-9-13(10-22)27-12(2)23/h11,13-14,16,28H,8-10H2,1-7H3,(H,20,24)/t14-,16?/m0/s1. The number of carbonyl (C=O) groups is 2. The zero-order valence-electron chi connectivity index (χ0n) is 17.9. The number of amides is 1. The van der Waals surface area contributed by atoms with Crippen molar-refractivity contribution in [3.05, 3.63) is 11.1 Å². The molecule has 0 radical (unpaired) electrons. The van der Waals surface area contributed by atoms with Gasteiger partial charge in [0.15, 0.2) is 19.3 Å². The van der Waals surface area contributed by atoms with E-state index >= 15 is 0 Å². The van der Waals surface area contributed by atoms with Crippen molar-refractivity contribution in [2.24, 2.45) is 5.41 Å². The largest absolute Gasteiger partial charge is 0.415 e. The Kier molecular flexibility index (Phi) is 8.13. The number of aromatic nitrogens is 1. The summed E-state index contributed by atoms with van der Waals surface area (Å²) >= 11 is 2.86. The molecule has 1 aromatic rings. The maximum atomic E-state index is 12.8. The number of anilines is 1. The lowest BCUT2D eigenvalue weighted by Crippen LogP contribution is -2.51. The third kappa shape index (κ3) is 6.30. The first-order valence-corrected chi connectivity index (χ1v) is 14.4. The van der Waals surface area contributed by atoms with Gasteiger partial charge in [0.2, 0.25) is 0 Å². The van der Waals surface area contributed by atoms with Gasteiger partial charge in [-0.15, -0.1) is 11.3 Å². The molecule has 0 spiro atoms. The van der Waals surface area contributed by atoms with Crippen LogP contribution in [0.2, 0.25) is 13.1 Å². The molecule has 1 amide bonds. The van der Waals surface area contributed by atoms with E-state index in [1.165, 1.54) is 23.1 Å². The lowest BCUT2D eigenvalue weighted by atomic mass is 9.83. The van der Waals surface area contributed by atoms with E-state index in [0.717, 1.165) is 24.6 Å². The Morgan fingerprint density at radius 2 is 2.07 bits per heavy atom. The van der Waals surface area contributed by atoms with Crippen molar-refractivity contribution in [1.29, 1.82) is 0 Å². The highest BCUT2D eigenvalue weighted by atomic mass is 32.2. The van der Waals surface area contributed by atoms with Crippen molar-refractivity contribution in [2.45, 2.75) is 71.5 Å². The highest BCUT2D eigenvalue weighted by Crippen LogP contribution is 2.31. The predicted molar refractivity (Wildman–Crippen MR) is 121 cm³/mol. The van der Waals surface area contributed by atoms with E-state index in [9.17, 15) is 9.59 Å². The van der Waals surface area contributed by atoms with Gasteiger partial charge in [-0.2, -0.15) is 0 Å². The van der Waals surface area contributed by atoms with E-state index in [-0.39, 0.29) is 28.6 Å². The number of carbonyl (C=O) groups excluding carboxylic acids is 2.